The predicted molar refractivity (Wildman–Crippen MR) is 150 cm³/mol. The molecule has 0 heteroatoms. The smallest absolute Gasteiger partial charge is 0.0417 e. The lowest BCUT2D eigenvalue weighted by Crippen LogP contribution is -2.00. The van der Waals surface area contributed by atoms with Gasteiger partial charge in [0.15, 0.2) is 0 Å². The highest BCUT2D eigenvalue weighted by Crippen LogP contribution is 2.24. The van der Waals surface area contributed by atoms with Crippen molar-refractivity contribution in [2.24, 2.45) is 11.8 Å². The Morgan fingerprint density at radius 2 is 0.500 bits per heavy atom. The third kappa shape index (κ3) is 23.2. The van der Waals surface area contributed by atoms with E-state index < -0.39 is 0 Å². The third-order valence-corrected chi connectivity index (χ3v) is 8.06. The molecule has 0 radical (unpaired) electrons. The van der Waals surface area contributed by atoms with E-state index in [4.69, 9.17) is 0 Å². The Bertz CT molecular complexity index is 288. The first kappa shape index (κ1) is 32.0. The molecule has 0 aliphatic rings. The second-order valence-electron chi connectivity index (χ2n) is 11.1. The van der Waals surface area contributed by atoms with Gasteiger partial charge >= 0.3 is 0 Å². The summed E-state index contributed by atoms with van der Waals surface area (Å²) in [6, 6.07) is 0. The van der Waals surface area contributed by atoms with E-state index >= 15 is 0 Å². The Hall–Kier alpha value is 0. The van der Waals surface area contributed by atoms with Crippen LogP contribution in [0.1, 0.15) is 195 Å². The molecule has 0 aliphatic heterocycles. The van der Waals surface area contributed by atoms with Crippen LogP contribution in [0.5, 0.6) is 0 Å². The van der Waals surface area contributed by atoms with Crippen molar-refractivity contribution in [3.63, 3.8) is 0 Å². The van der Waals surface area contributed by atoms with Crippen molar-refractivity contribution >= 4 is 0 Å². The first-order chi connectivity index (χ1) is 15.8. The highest BCUT2D eigenvalue weighted by atomic mass is 14.1. The van der Waals surface area contributed by atoms with Gasteiger partial charge in [0.2, 0.25) is 0 Å². The van der Waals surface area contributed by atoms with Gasteiger partial charge in [-0.15, -0.1) is 0 Å². The summed E-state index contributed by atoms with van der Waals surface area (Å²) in [6.07, 6.45) is 38.2. The fourth-order valence-corrected chi connectivity index (χ4v) is 5.46. The summed E-state index contributed by atoms with van der Waals surface area (Å²) in [5.74, 6) is 2.03. The molecule has 0 aromatic carbocycles. The van der Waals surface area contributed by atoms with Crippen LogP contribution in [-0.2, 0) is 0 Å². The summed E-state index contributed by atoms with van der Waals surface area (Å²) in [4.78, 5) is 0. The van der Waals surface area contributed by atoms with Crippen molar-refractivity contribution in [3.8, 4) is 0 Å². The van der Waals surface area contributed by atoms with E-state index in [9.17, 15) is 0 Å². The molecular weight excluding hydrogens is 384 g/mol. The minimum Gasteiger partial charge on any atom is -0.0654 e. The molecule has 0 rings (SSSR count). The predicted octanol–water partition coefficient (Wildman–Crippen LogP) is 12.4. The number of rotatable bonds is 27. The summed E-state index contributed by atoms with van der Waals surface area (Å²) >= 11 is 0. The van der Waals surface area contributed by atoms with E-state index in [2.05, 4.69) is 27.7 Å². The average Bonchev–Trinajstić information content (AvgIpc) is 2.81. The monoisotopic (exact) mass is 451 g/mol. The molecule has 2 unspecified atom stereocenters. The maximum atomic E-state index is 2.42. The van der Waals surface area contributed by atoms with E-state index in [1.54, 1.807) is 0 Å². The largest absolute Gasteiger partial charge is 0.0654 e. The molecule has 0 saturated carbocycles. The van der Waals surface area contributed by atoms with Crippen molar-refractivity contribution in [2.45, 2.75) is 195 Å². The maximum absolute atomic E-state index is 2.42. The SMILES string of the molecule is CCCCCCCCCCC(CC)CCCCCCC(CC)CCCCCCCCCC. The van der Waals surface area contributed by atoms with E-state index in [0.717, 1.165) is 11.8 Å². The molecule has 2 atom stereocenters. The molecule has 0 nitrogen and oxygen atoms in total. The minimum absolute atomic E-state index is 1.01. The highest BCUT2D eigenvalue weighted by molar-refractivity contribution is 4.61. The minimum atomic E-state index is 1.01. The van der Waals surface area contributed by atoms with Crippen molar-refractivity contribution < 1.29 is 0 Å². The Morgan fingerprint density at radius 3 is 0.719 bits per heavy atom. The second-order valence-corrected chi connectivity index (χ2v) is 11.1. The third-order valence-electron chi connectivity index (χ3n) is 8.06. The molecule has 0 heterocycles. The van der Waals surface area contributed by atoms with Crippen LogP contribution in [0.15, 0.2) is 0 Å². The van der Waals surface area contributed by atoms with Crippen LogP contribution in [0.4, 0.5) is 0 Å². The molecule has 0 fully saturated rings. The van der Waals surface area contributed by atoms with Gasteiger partial charge in [0.25, 0.3) is 0 Å². The van der Waals surface area contributed by atoms with Gasteiger partial charge in [0, 0.05) is 0 Å². The van der Waals surface area contributed by atoms with Gasteiger partial charge in [-0.2, -0.15) is 0 Å². The Balaban J connectivity index is 3.50. The number of unbranched alkanes of at least 4 members (excludes halogenated alkanes) is 17. The topological polar surface area (TPSA) is 0 Å². The second kappa shape index (κ2) is 27.2. The first-order valence-electron chi connectivity index (χ1n) is 15.8. The summed E-state index contributed by atoms with van der Waals surface area (Å²) in [5.41, 5.74) is 0. The molecule has 194 valence electrons. The van der Waals surface area contributed by atoms with Gasteiger partial charge in [0.1, 0.15) is 0 Å². The fourth-order valence-electron chi connectivity index (χ4n) is 5.46. The lowest BCUT2D eigenvalue weighted by molar-refractivity contribution is 0.376. The van der Waals surface area contributed by atoms with Crippen LogP contribution >= 0.6 is 0 Å². The quantitative estimate of drug-likeness (QED) is 0.109. The van der Waals surface area contributed by atoms with Gasteiger partial charge in [-0.3, -0.25) is 0 Å². The van der Waals surface area contributed by atoms with Gasteiger partial charge in [-0.25, -0.2) is 0 Å². The lowest BCUT2D eigenvalue weighted by Gasteiger charge is -2.16. The highest BCUT2D eigenvalue weighted by Gasteiger charge is 2.08. The zero-order valence-corrected chi connectivity index (χ0v) is 23.5. The van der Waals surface area contributed by atoms with Crippen LogP contribution in [0.2, 0.25) is 0 Å². The van der Waals surface area contributed by atoms with Gasteiger partial charge < -0.3 is 0 Å². The van der Waals surface area contributed by atoms with Crippen LogP contribution in [0.3, 0.4) is 0 Å². The molecular formula is C32H66. The molecule has 0 N–H and O–H groups in total. The normalized spacial score (nSPS) is 13.5. The molecule has 32 heavy (non-hydrogen) atoms. The van der Waals surface area contributed by atoms with Crippen LogP contribution in [0.25, 0.3) is 0 Å². The standard InChI is InChI=1S/C32H66/c1-5-9-11-13-15-17-19-23-27-31(7-3)29-25-21-22-26-30-32(8-4)28-24-20-18-16-14-12-10-6-2/h31-32H,5-30H2,1-4H3. The van der Waals surface area contributed by atoms with Crippen LogP contribution in [0, 0.1) is 11.8 Å². The van der Waals surface area contributed by atoms with Gasteiger partial charge in [-0.1, -0.05) is 195 Å². The summed E-state index contributed by atoms with van der Waals surface area (Å²) in [7, 11) is 0. The van der Waals surface area contributed by atoms with Crippen molar-refractivity contribution in [3.05, 3.63) is 0 Å². The Kier molecular flexibility index (Phi) is 27.2. The van der Waals surface area contributed by atoms with Crippen molar-refractivity contribution in [2.75, 3.05) is 0 Å². The number of hydrogen-bond donors (Lipinski definition) is 0. The summed E-state index contributed by atoms with van der Waals surface area (Å²) in [6.45, 7) is 9.47. The molecule has 0 bridgehead atoms. The Labute approximate surface area is 206 Å². The summed E-state index contributed by atoms with van der Waals surface area (Å²) < 4.78 is 0. The summed E-state index contributed by atoms with van der Waals surface area (Å²) in [5, 5.41) is 0. The lowest BCUT2D eigenvalue weighted by atomic mass is 9.90. The molecule has 0 aromatic heterocycles. The average molecular weight is 451 g/mol. The van der Waals surface area contributed by atoms with E-state index in [1.807, 2.05) is 0 Å². The van der Waals surface area contributed by atoms with Crippen molar-refractivity contribution in [1.29, 1.82) is 0 Å². The molecule has 0 spiro atoms. The van der Waals surface area contributed by atoms with Gasteiger partial charge in [-0.05, 0) is 11.8 Å². The van der Waals surface area contributed by atoms with Crippen LogP contribution in [-0.4, -0.2) is 0 Å². The molecule has 0 aliphatic carbocycles. The van der Waals surface area contributed by atoms with E-state index in [1.165, 1.54) is 167 Å². The number of hydrogen-bond acceptors (Lipinski definition) is 0. The zero-order chi connectivity index (χ0) is 23.5. The Morgan fingerprint density at radius 1 is 0.281 bits per heavy atom. The molecule has 0 aromatic rings. The first-order valence-corrected chi connectivity index (χ1v) is 15.8. The molecule has 0 amide bonds. The van der Waals surface area contributed by atoms with Crippen molar-refractivity contribution in [1.82, 2.24) is 0 Å². The fraction of sp³-hybridized carbons (Fsp3) is 1.00. The maximum Gasteiger partial charge on any atom is -0.0417 e. The zero-order valence-electron chi connectivity index (χ0n) is 23.5. The van der Waals surface area contributed by atoms with E-state index in [0.29, 0.717) is 0 Å². The van der Waals surface area contributed by atoms with Crippen LogP contribution < -0.4 is 0 Å². The van der Waals surface area contributed by atoms with E-state index in [-0.39, 0.29) is 0 Å². The molecule has 0 saturated heterocycles. The van der Waals surface area contributed by atoms with Gasteiger partial charge in [0.05, 0.1) is 0 Å².